The van der Waals surface area contributed by atoms with Crippen LogP contribution in [0.4, 0.5) is 0 Å². The Morgan fingerprint density at radius 2 is 2.00 bits per heavy atom. The summed E-state index contributed by atoms with van der Waals surface area (Å²) < 4.78 is 0.608. The molecule has 2 N–H and O–H groups in total. The average molecular weight is 444 g/mol. The van der Waals surface area contributed by atoms with Crippen molar-refractivity contribution in [3.05, 3.63) is 30.1 Å². The molecular formula is C18H18KN3O6S. The van der Waals surface area contributed by atoms with Crippen molar-refractivity contribution < 1.29 is 81.1 Å². The number of benzene rings is 1. The molecule has 1 amide bonds. The first-order valence-electron chi connectivity index (χ1n) is 8.69. The Bertz CT molecular complexity index is 1010. The molecule has 4 atom stereocenters. The van der Waals surface area contributed by atoms with Gasteiger partial charge < -0.3 is 29.6 Å². The van der Waals surface area contributed by atoms with Crippen molar-refractivity contribution in [3.63, 3.8) is 0 Å². The van der Waals surface area contributed by atoms with Gasteiger partial charge in [-0.1, -0.05) is 12.1 Å². The fourth-order valence-electron chi connectivity index (χ4n) is 4.11. The molecule has 148 valence electrons. The number of nitrogens with zero attached hydrogens (tertiary/aromatic N) is 3. The summed E-state index contributed by atoms with van der Waals surface area (Å²) in [6, 6.07) is 5.82. The average Bonchev–Trinajstić information content (AvgIpc) is 3.07. The zero-order valence-corrected chi connectivity index (χ0v) is 20.0. The largest absolute Gasteiger partial charge is 1.00 e. The summed E-state index contributed by atoms with van der Waals surface area (Å²) in [5.41, 5.74) is 0.997. The molecule has 2 fully saturated rings. The van der Waals surface area contributed by atoms with Gasteiger partial charge in [-0.3, -0.25) is 4.79 Å². The molecule has 0 radical (unpaired) electrons. The number of hydrogen-bond acceptors (Lipinski definition) is 7. The van der Waals surface area contributed by atoms with Crippen LogP contribution in [-0.4, -0.2) is 58.7 Å². The Morgan fingerprint density at radius 3 is 2.62 bits per heavy atom. The maximum Gasteiger partial charge on any atom is 1.00 e. The zero-order chi connectivity index (χ0) is 20.4. The normalized spacial score (nSPS) is 25.8. The molecule has 9 nitrogen and oxygen atoms in total. The Kier molecular flexibility index (Phi) is 6.23. The van der Waals surface area contributed by atoms with E-state index in [1.807, 2.05) is 0 Å². The van der Waals surface area contributed by atoms with Crippen molar-refractivity contribution in [3.8, 4) is 0 Å². The van der Waals surface area contributed by atoms with Gasteiger partial charge in [0.25, 0.3) is 0 Å². The molecule has 11 heteroatoms. The topological polar surface area (TPSA) is 136 Å². The van der Waals surface area contributed by atoms with Gasteiger partial charge in [-0.2, -0.15) is 0 Å². The maximum absolute atomic E-state index is 12.7. The van der Waals surface area contributed by atoms with Crippen LogP contribution in [0.15, 0.2) is 24.3 Å². The van der Waals surface area contributed by atoms with Crippen LogP contribution in [0.25, 0.3) is 11.0 Å². The Hall–Kier alpha value is -0.954. The van der Waals surface area contributed by atoms with Gasteiger partial charge in [0.2, 0.25) is 5.91 Å². The van der Waals surface area contributed by atoms with Crippen molar-refractivity contribution in [1.29, 1.82) is 0 Å². The van der Waals surface area contributed by atoms with Crippen LogP contribution in [0.5, 0.6) is 0 Å². The van der Waals surface area contributed by atoms with Crippen molar-refractivity contribution in [2.75, 3.05) is 0 Å². The molecule has 0 bridgehead atoms. The number of carboxylic acid groups (broad SMARTS) is 2. The molecule has 2 saturated heterocycles. The first-order valence-corrected chi connectivity index (χ1v) is 9.57. The second-order valence-corrected chi connectivity index (χ2v) is 9.26. The molecule has 0 saturated carbocycles. The van der Waals surface area contributed by atoms with Crippen LogP contribution < -0.4 is 56.5 Å². The zero-order valence-electron chi connectivity index (χ0n) is 16.1. The van der Waals surface area contributed by atoms with Gasteiger partial charge in [0.1, 0.15) is 23.9 Å². The maximum atomic E-state index is 12.7. The fraction of sp³-hybridized carbons (Fsp3) is 0.444. The number of imidazole rings is 1. The first-order chi connectivity index (χ1) is 13.1. The van der Waals surface area contributed by atoms with E-state index in [1.54, 1.807) is 38.1 Å². The third-order valence-corrected chi connectivity index (χ3v) is 6.88. The number of carbonyl (C=O) groups is 3. The number of aliphatic carboxylic acids is 2. The second-order valence-electron chi connectivity index (χ2n) is 7.49. The van der Waals surface area contributed by atoms with Crippen molar-refractivity contribution in [2.45, 2.75) is 42.7 Å². The molecular weight excluding hydrogens is 425 g/mol. The Morgan fingerprint density at radius 1 is 1.34 bits per heavy atom. The third-order valence-electron chi connectivity index (χ3n) is 5.29. The molecule has 2 aliphatic rings. The van der Waals surface area contributed by atoms with E-state index in [0.29, 0.717) is 11.0 Å². The fourth-order valence-corrected chi connectivity index (χ4v) is 5.83. The Balaban J connectivity index is 0.00000240. The number of β-lactam (4-membered cyclic amide) rings is 1. The van der Waals surface area contributed by atoms with Crippen LogP contribution in [0.1, 0.15) is 25.8 Å². The van der Waals surface area contributed by atoms with E-state index in [-0.39, 0.29) is 57.2 Å². The SMILES string of the molecule is CC1(C)S[C@@H]2[C@H]([C@H](O)c3nc4ccccc4n3CC(=O)[O-])C(=O)N2[C@H]1C(=O)O.[K+]. The van der Waals surface area contributed by atoms with Crippen molar-refractivity contribution in [1.82, 2.24) is 14.5 Å². The van der Waals surface area contributed by atoms with E-state index >= 15 is 0 Å². The number of fused-ring (bicyclic) bond motifs is 2. The summed E-state index contributed by atoms with van der Waals surface area (Å²) in [7, 11) is 0. The number of amides is 1. The number of carbonyl (C=O) groups excluding carboxylic acids is 2. The molecule has 1 aromatic carbocycles. The molecule has 0 unspecified atom stereocenters. The molecule has 29 heavy (non-hydrogen) atoms. The van der Waals surface area contributed by atoms with E-state index in [9.17, 15) is 29.7 Å². The minimum absolute atomic E-state index is 0. The molecule has 0 aliphatic carbocycles. The smallest absolute Gasteiger partial charge is 0.548 e. The van der Waals surface area contributed by atoms with Crippen LogP contribution in [0.2, 0.25) is 0 Å². The first kappa shape index (κ1) is 22.7. The van der Waals surface area contributed by atoms with E-state index in [0.717, 1.165) is 0 Å². The van der Waals surface area contributed by atoms with E-state index < -0.39 is 52.6 Å². The molecule has 2 aromatic rings. The number of aliphatic hydroxyl groups is 1. The summed E-state index contributed by atoms with van der Waals surface area (Å²) in [6.45, 7) is 2.98. The Labute approximate surface area is 212 Å². The van der Waals surface area contributed by atoms with E-state index in [4.69, 9.17) is 0 Å². The standard InChI is InChI=1S/C18H19N3O6S.K/c1-18(2)13(17(26)27)21-15(25)11(16(21)28-18)12(24)14-19-8-5-3-4-6-9(8)20(14)7-10(22)23;/h3-6,11-13,16,24H,7H2,1-2H3,(H,22,23)(H,26,27);/q;+1/p-1/t11-,12+,13+,16-;/m1./s1. The summed E-state index contributed by atoms with van der Waals surface area (Å²) >= 11 is 1.31. The van der Waals surface area contributed by atoms with Gasteiger partial charge in [0.05, 0.1) is 28.9 Å². The summed E-state index contributed by atoms with van der Waals surface area (Å²) in [4.78, 5) is 41.2. The number of thioether (sulfide) groups is 1. The molecule has 1 aromatic heterocycles. The van der Waals surface area contributed by atoms with E-state index in [2.05, 4.69) is 4.98 Å². The van der Waals surface area contributed by atoms with Crippen molar-refractivity contribution >= 4 is 40.6 Å². The van der Waals surface area contributed by atoms with Gasteiger partial charge in [-0.25, -0.2) is 9.78 Å². The van der Waals surface area contributed by atoms with Crippen LogP contribution in [0, 0.1) is 5.92 Å². The van der Waals surface area contributed by atoms with Gasteiger partial charge in [-0.05, 0) is 26.0 Å². The molecule has 0 spiro atoms. The van der Waals surface area contributed by atoms with Crippen LogP contribution in [0.3, 0.4) is 0 Å². The predicted octanol–water partition coefficient (Wildman–Crippen LogP) is -3.41. The third kappa shape index (κ3) is 3.56. The van der Waals surface area contributed by atoms with Gasteiger partial charge >= 0.3 is 57.4 Å². The quantitative estimate of drug-likeness (QED) is 0.360. The van der Waals surface area contributed by atoms with E-state index in [1.165, 1.54) is 21.2 Å². The van der Waals surface area contributed by atoms with Crippen LogP contribution in [-0.2, 0) is 20.9 Å². The summed E-state index contributed by atoms with van der Waals surface area (Å²) in [6.07, 6.45) is -1.36. The number of aliphatic hydroxyl groups excluding tert-OH is 1. The van der Waals surface area contributed by atoms with Crippen LogP contribution >= 0.6 is 11.8 Å². The monoisotopic (exact) mass is 443 g/mol. The van der Waals surface area contributed by atoms with Crippen molar-refractivity contribution in [2.24, 2.45) is 5.92 Å². The number of rotatable bonds is 5. The molecule has 4 rings (SSSR count). The number of aromatic nitrogens is 2. The summed E-state index contributed by atoms with van der Waals surface area (Å²) in [5, 5.41) is 31.1. The molecule has 3 heterocycles. The molecule has 2 aliphatic heterocycles. The minimum Gasteiger partial charge on any atom is -0.548 e. The van der Waals surface area contributed by atoms with Gasteiger partial charge in [0.15, 0.2) is 0 Å². The summed E-state index contributed by atoms with van der Waals surface area (Å²) in [5.74, 6) is -3.76. The van der Waals surface area contributed by atoms with Gasteiger partial charge in [-0.15, -0.1) is 11.8 Å². The van der Waals surface area contributed by atoms with Gasteiger partial charge in [0, 0.05) is 4.75 Å². The predicted molar refractivity (Wildman–Crippen MR) is 96.9 cm³/mol. The second kappa shape index (κ2) is 7.95. The number of para-hydroxylation sites is 2. The number of hydrogen-bond donors (Lipinski definition) is 2. The minimum atomic E-state index is -1.36. The number of carboxylic acids is 2.